The Morgan fingerprint density at radius 1 is 1.55 bits per heavy atom. The van der Waals surface area contributed by atoms with Crippen LogP contribution in [0.1, 0.15) is 33.6 Å². The number of carbonyl (C=O) groups excluding carboxylic acids is 1. The van der Waals surface area contributed by atoms with Crippen LogP contribution in [-0.4, -0.2) is 27.7 Å². The number of hydrogen-bond acceptors (Lipinski definition) is 3. The van der Waals surface area contributed by atoms with Crippen LogP contribution in [0.3, 0.4) is 0 Å². The molecule has 0 aromatic carbocycles. The largest absolute Gasteiger partial charge is 0.393 e. The lowest BCUT2D eigenvalue weighted by molar-refractivity contribution is -0.124. The summed E-state index contributed by atoms with van der Waals surface area (Å²) in [5.41, 5.74) is -0.952. The zero-order valence-electron chi connectivity index (χ0n) is 7.29. The first kappa shape index (κ1) is 10.6. The van der Waals surface area contributed by atoms with Crippen LogP contribution in [0, 0.1) is 0 Å². The lowest BCUT2D eigenvalue weighted by atomic mass is 9.99. The molecule has 1 unspecified atom stereocenters. The van der Waals surface area contributed by atoms with Crippen molar-refractivity contribution in [2.75, 3.05) is 0 Å². The average Bonchev–Trinajstić information content (AvgIpc) is 1.53. The summed E-state index contributed by atoms with van der Waals surface area (Å²) < 4.78 is 0. The van der Waals surface area contributed by atoms with E-state index < -0.39 is 11.7 Å². The molecule has 0 aliphatic heterocycles. The van der Waals surface area contributed by atoms with Gasteiger partial charge in [0.2, 0.25) is 0 Å². The summed E-state index contributed by atoms with van der Waals surface area (Å²) in [7, 11) is 0. The zero-order chi connectivity index (χ0) is 9.07. The normalized spacial score (nSPS) is 14.6. The fourth-order valence-electron chi connectivity index (χ4n) is 0.884. The van der Waals surface area contributed by atoms with Gasteiger partial charge in [0.15, 0.2) is 0 Å². The molecule has 0 aromatic heterocycles. The summed E-state index contributed by atoms with van der Waals surface area (Å²) in [6.07, 6.45) is -0.369. The summed E-state index contributed by atoms with van der Waals surface area (Å²) in [6.45, 7) is 4.71. The summed E-state index contributed by atoms with van der Waals surface area (Å²) in [5, 5.41) is 18.0. The second-order valence-corrected chi connectivity index (χ2v) is 3.58. The molecule has 0 spiro atoms. The molecule has 0 radical (unpaired) electrons. The van der Waals surface area contributed by atoms with Crippen molar-refractivity contribution in [3.8, 4) is 0 Å². The van der Waals surface area contributed by atoms with E-state index in [1.54, 1.807) is 20.8 Å². The Bertz CT molecular complexity index is 133. The van der Waals surface area contributed by atoms with E-state index in [1.165, 1.54) is 0 Å². The SMILES string of the molecule is CC(O)CC(=O)CC(C)(C)O. The first-order chi connectivity index (χ1) is 4.81. The first-order valence-electron chi connectivity index (χ1n) is 3.73. The van der Waals surface area contributed by atoms with Gasteiger partial charge in [-0.15, -0.1) is 0 Å². The Hall–Kier alpha value is -0.410. The molecule has 11 heavy (non-hydrogen) atoms. The number of aliphatic hydroxyl groups is 2. The maximum atomic E-state index is 10.9. The molecule has 2 N–H and O–H groups in total. The Morgan fingerprint density at radius 3 is 2.27 bits per heavy atom. The number of hydrogen-bond donors (Lipinski definition) is 2. The molecule has 3 heteroatoms. The lowest BCUT2D eigenvalue weighted by Gasteiger charge is -2.15. The van der Waals surface area contributed by atoms with Gasteiger partial charge >= 0.3 is 0 Å². The Morgan fingerprint density at radius 2 is 2.00 bits per heavy atom. The van der Waals surface area contributed by atoms with E-state index in [1.807, 2.05) is 0 Å². The summed E-state index contributed by atoms with van der Waals surface area (Å²) in [5.74, 6) is -0.104. The number of Topliss-reactive ketones (excluding diaryl/α,β-unsaturated/α-hetero) is 1. The number of rotatable bonds is 4. The van der Waals surface area contributed by atoms with Gasteiger partial charge in [-0.05, 0) is 20.8 Å². The molecule has 1 atom stereocenters. The van der Waals surface area contributed by atoms with Crippen LogP contribution >= 0.6 is 0 Å². The molecule has 0 aromatic rings. The minimum atomic E-state index is -0.952. The van der Waals surface area contributed by atoms with Crippen molar-refractivity contribution in [3.63, 3.8) is 0 Å². The van der Waals surface area contributed by atoms with Gasteiger partial charge in [-0.25, -0.2) is 0 Å². The van der Waals surface area contributed by atoms with Gasteiger partial charge in [-0.2, -0.15) is 0 Å². The predicted octanol–water partition coefficient (Wildman–Crippen LogP) is 0.487. The van der Waals surface area contributed by atoms with Crippen molar-refractivity contribution in [3.05, 3.63) is 0 Å². The molecule has 66 valence electrons. The van der Waals surface area contributed by atoms with E-state index in [4.69, 9.17) is 5.11 Å². The van der Waals surface area contributed by atoms with E-state index in [9.17, 15) is 9.90 Å². The molecule has 3 nitrogen and oxygen atoms in total. The minimum Gasteiger partial charge on any atom is -0.393 e. The van der Waals surface area contributed by atoms with Crippen molar-refractivity contribution in [2.24, 2.45) is 0 Å². The molecule has 0 bridgehead atoms. The zero-order valence-corrected chi connectivity index (χ0v) is 7.29. The highest BCUT2D eigenvalue weighted by Gasteiger charge is 2.18. The number of aliphatic hydroxyl groups excluding tert-OH is 1. The van der Waals surface area contributed by atoms with E-state index in [-0.39, 0.29) is 18.6 Å². The molecule has 0 heterocycles. The average molecular weight is 160 g/mol. The smallest absolute Gasteiger partial charge is 0.138 e. The van der Waals surface area contributed by atoms with Crippen LogP contribution in [0.2, 0.25) is 0 Å². The van der Waals surface area contributed by atoms with Gasteiger partial charge in [0.25, 0.3) is 0 Å². The highest BCUT2D eigenvalue weighted by atomic mass is 16.3. The van der Waals surface area contributed by atoms with Crippen LogP contribution in [0.4, 0.5) is 0 Å². The molecule has 0 fully saturated rings. The van der Waals surface area contributed by atoms with Crippen molar-refractivity contribution in [1.29, 1.82) is 0 Å². The minimum absolute atomic E-state index is 0.104. The fraction of sp³-hybridized carbons (Fsp3) is 0.875. The molecule has 0 aliphatic rings. The van der Waals surface area contributed by atoms with Gasteiger partial charge in [0.1, 0.15) is 5.78 Å². The Labute approximate surface area is 67.0 Å². The second kappa shape index (κ2) is 3.83. The van der Waals surface area contributed by atoms with Crippen LogP contribution in [0.5, 0.6) is 0 Å². The third-order valence-electron chi connectivity index (χ3n) is 1.15. The standard InChI is InChI=1S/C8H16O3/c1-6(9)4-7(10)5-8(2,3)11/h6,9,11H,4-5H2,1-3H3. The third kappa shape index (κ3) is 7.49. The molecular weight excluding hydrogens is 144 g/mol. The van der Waals surface area contributed by atoms with Crippen LogP contribution in [-0.2, 0) is 4.79 Å². The number of ketones is 1. The maximum Gasteiger partial charge on any atom is 0.138 e. The van der Waals surface area contributed by atoms with E-state index >= 15 is 0 Å². The van der Waals surface area contributed by atoms with Crippen molar-refractivity contribution < 1.29 is 15.0 Å². The quantitative estimate of drug-likeness (QED) is 0.629. The molecular formula is C8H16O3. The molecule has 0 saturated carbocycles. The highest BCUT2D eigenvalue weighted by molar-refractivity contribution is 5.79. The van der Waals surface area contributed by atoms with Crippen LogP contribution in [0.15, 0.2) is 0 Å². The lowest BCUT2D eigenvalue weighted by Crippen LogP contribution is -2.24. The molecule has 0 rings (SSSR count). The van der Waals surface area contributed by atoms with E-state index in [0.29, 0.717) is 0 Å². The molecule has 0 saturated heterocycles. The monoisotopic (exact) mass is 160 g/mol. The molecule has 0 amide bonds. The third-order valence-corrected chi connectivity index (χ3v) is 1.15. The highest BCUT2D eigenvalue weighted by Crippen LogP contribution is 2.09. The molecule has 0 aliphatic carbocycles. The predicted molar refractivity (Wildman–Crippen MR) is 42.2 cm³/mol. The van der Waals surface area contributed by atoms with Gasteiger partial charge < -0.3 is 10.2 Å². The van der Waals surface area contributed by atoms with Gasteiger partial charge in [0, 0.05) is 12.8 Å². The maximum absolute atomic E-state index is 10.9. The van der Waals surface area contributed by atoms with Crippen molar-refractivity contribution in [1.82, 2.24) is 0 Å². The topological polar surface area (TPSA) is 57.5 Å². The van der Waals surface area contributed by atoms with Gasteiger partial charge in [-0.3, -0.25) is 4.79 Å². The van der Waals surface area contributed by atoms with Crippen molar-refractivity contribution in [2.45, 2.75) is 45.3 Å². The van der Waals surface area contributed by atoms with Crippen molar-refractivity contribution >= 4 is 5.78 Å². The van der Waals surface area contributed by atoms with Crippen LogP contribution < -0.4 is 0 Å². The Kier molecular flexibility index (Phi) is 3.69. The van der Waals surface area contributed by atoms with E-state index in [0.717, 1.165) is 0 Å². The van der Waals surface area contributed by atoms with Crippen LogP contribution in [0.25, 0.3) is 0 Å². The fourth-order valence-corrected chi connectivity index (χ4v) is 0.884. The van der Waals surface area contributed by atoms with Gasteiger partial charge in [-0.1, -0.05) is 0 Å². The summed E-state index contributed by atoms with van der Waals surface area (Å²) in [4.78, 5) is 10.9. The summed E-state index contributed by atoms with van der Waals surface area (Å²) in [6, 6.07) is 0. The second-order valence-electron chi connectivity index (χ2n) is 3.58. The summed E-state index contributed by atoms with van der Waals surface area (Å²) >= 11 is 0. The number of carbonyl (C=O) groups is 1. The van der Waals surface area contributed by atoms with E-state index in [2.05, 4.69) is 0 Å². The first-order valence-corrected chi connectivity index (χ1v) is 3.73. The Balaban J connectivity index is 3.71. The van der Waals surface area contributed by atoms with Gasteiger partial charge in [0.05, 0.1) is 11.7 Å².